The molecule has 0 aromatic heterocycles. The lowest BCUT2D eigenvalue weighted by Gasteiger charge is -2.13. The second-order valence-corrected chi connectivity index (χ2v) is 4.62. The lowest BCUT2D eigenvalue weighted by molar-refractivity contribution is 0.164. The van der Waals surface area contributed by atoms with Gasteiger partial charge < -0.3 is 25.5 Å². The fourth-order valence-corrected chi connectivity index (χ4v) is 2.00. The molecule has 20 heavy (non-hydrogen) atoms. The number of aryl methyl sites for hydroxylation is 1. The highest BCUT2D eigenvalue weighted by atomic mass is 16.3. The average Bonchev–Trinajstić information content (AvgIpc) is 2.40. The van der Waals surface area contributed by atoms with Crippen LogP contribution in [0.25, 0.3) is 0 Å². The molecule has 5 N–H and O–H groups in total. The average molecular weight is 276 g/mol. The Labute approximate surface area is 116 Å². The van der Waals surface area contributed by atoms with E-state index in [2.05, 4.69) is 0 Å². The Hall–Kier alpha value is -2.40. The normalized spacial score (nSPS) is 12.2. The second-order valence-electron chi connectivity index (χ2n) is 4.62. The molecule has 0 amide bonds. The van der Waals surface area contributed by atoms with Crippen molar-refractivity contribution in [3.05, 3.63) is 47.5 Å². The molecule has 2 aromatic carbocycles. The highest BCUT2D eigenvalue weighted by Crippen LogP contribution is 2.31. The number of hydrogen-bond acceptors (Lipinski definition) is 5. The summed E-state index contributed by atoms with van der Waals surface area (Å²) in [4.78, 5) is 0. The first-order chi connectivity index (χ1) is 9.47. The van der Waals surface area contributed by atoms with Crippen molar-refractivity contribution >= 4 is 0 Å². The highest BCUT2D eigenvalue weighted by Gasteiger charge is 2.13. The van der Waals surface area contributed by atoms with E-state index in [9.17, 15) is 25.5 Å². The van der Waals surface area contributed by atoms with Crippen molar-refractivity contribution < 1.29 is 25.5 Å². The van der Waals surface area contributed by atoms with E-state index in [-0.39, 0.29) is 23.0 Å². The van der Waals surface area contributed by atoms with Gasteiger partial charge in [0.05, 0.1) is 6.10 Å². The maximum Gasteiger partial charge on any atom is 0.157 e. The van der Waals surface area contributed by atoms with Crippen LogP contribution in [0.4, 0.5) is 0 Å². The maximum absolute atomic E-state index is 10.0. The van der Waals surface area contributed by atoms with Gasteiger partial charge in [-0.1, -0.05) is 6.07 Å². The van der Waals surface area contributed by atoms with Gasteiger partial charge in [-0.3, -0.25) is 0 Å². The number of phenols is 4. The van der Waals surface area contributed by atoms with Crippen molar-refractivity contribution in [3.63, 3.8) is 0 Å². The van der Waals surface area contributed by atoms with Gasteiger partial charge in [-0.2, -0.15) is 0 Å². The van der Waals surface area contributed by atoms with Crippen LogP contribution in [-0.4, -0.2) is 25.5 Å². The molecule has 0 saturated carbocycles. The van der Waals surface area contributed by atoms with Crippen LogP contribution in [0, 0.1) is 0 Å². The molecule has 106 valence electrons. The predicted octanol–water partition coefficient (Wildman–Crippen LogP) is 2.18. The first-order valence-corrected chi connectivity index (χ1v) is 6.18. The van der Waals surface area contributed by atoms with Crippen LogP contribution in [0.5, 0.6) is 23.0 Å². The summed E-state index contributed by atoms with van der Waals surface area (Å²) in [5.41, 5.74) is 1.10. The summed E-state index contributed by atoms with van der Waals surface area (Å²) in [5.74, 6) is -0.622. The molecule has 1 atom stereocenters. The number of phenolic OH excluding ortho intramolecular Hbond substituents is 4. The van der Waals surface area contributed by atoms with E-state index < -0.39 is 6.10 Å². The van der Waals surface area contributed by atoms with Crippen molar-refractivity contribution in [2.24, 2.45) is 0 Å². The molecule has 0 spiro atoms. The van der Waals surface area contributed by atoms with E-state index in [0.29, 0.717) is 18.4 Å². The van der Waals surface area contributed by atoms with E-state index >= 15 is 0 Å². The molecule has 2 aromatic rings. The fourth-order valence-electron chi connectivity index (χ4n) is 2.00. The fraction of sp³-hybridized carbons (Fsp3) is 0.200. The largest absolute Gasteiger partial charge is 0.508 e. The molecule has 0 heterocycles. The van der Waals surface area contributed by atoms with Gasteiger partial charge in [-0.15, -0.1) is 0 Å². The van der Waals surface area contributed by atoms with Gasteiger partial charge in [0.1, 0.15) is 11.5 Å². The van der Waals surface area contributed by atoms with Gasteiger partial charge in [0, 0.05) is 11.6 Å². The van der Waals surface area contributed by atoms with E-state index in [1.54, 1.807) is 6.07 Å². The summed E-state index contributed by atoms with van der Waals surface area (Å²) in [7, 11) is 0. The molecule has 2 rings (SSSR count). The third-order valence-electron chi connectivity index (χ3n) is 3.12. The summed E-state index contributed by atoms with van der Waals surface area (Å²) in [6.07, 6.45) is -0.0794. The number of benzene rings is 2. The first kappa shape index (κ1) is 14.0. The predicted molar refractivity (Wildman–Crippen MR) is 72.8 cm³/mol. The van der Waals surface area contributed by atoms with Crippen LogP contribution in [0.15, 0.2) is 36.4 Å². The number of aliphatic hydroxyl groups excluding tert-OH is 1. The van der Waals surface area contributed by atoms with Crippen molar-refractivity contribution in [1.29, 1.82) is 0 Å². The highest BCUT2D eigenvalue weighted by molar-refractivity contribution is 5.41. The summed E-state index contributed by atoms with van der Waals surface area (Å²) >= 11 is 0. The smallest absolute Gasteiger partial charge is 0.157 e. The zero-order valence-electron chi connectivity index (χ0n) is 10.7. The minimum atomic E-state index is -0.883. The van der Waals surface area contributed by atoms with Crippen molar-refractivity contribution in [3.8, 4) is 23.0 Å². The van der Waals surface area contributed by atoms with Gasteiger partial charge in [0.2, 0.25) is 0 Å². The third kappa shape index (κ3) is 3.13. The molecule has 0 aliphatic rings. The number of rotatable bonds is 4. The molecule has 5 heteroatoms. The minimum absolute atomic E-state index is 0.0677. The Morgan fingerprint density at radius 2 is 1.55 bits per heavy atom. The standard InChI is InChI=1S/C15H16O5/c16-10-3-4-11(14(19)8-10)12(17)5-1-9-2-6-13(18)15(20)7-9/h2-4,6-8,12,16-20H,1,5H2. The quantitative estimate of drug-likeness (QED) is 0.551. The summed E-state index contributed by atoms with van der Waals surface area (Å²) in [6, 6.07) is 8.49. The summed E-state index contributed by atoms with van der Waals surface area (Å²) in [5, 5.41) is 47.4. The Morgan fingerprint density at radius 3 is 2.20 bits per heavy atom. The molecule has 0 radical (unpaired) electrons. The minimum Gasteiger partial charge on any atom is -0.508 e. The van der Waals surface area contributed by atoms with Crippen LogP contribution in [0.2, 0.25) is 0 Å². The number of hydrogen-bond donors (Lipinski definition) is 5. The molecule has 0 bridgehead atoms. The summed E-state index contributed by atoms with van der Waals surface area (Å²) < 4.78 is 0. The lowest BCUT2D eigenvalue weighted by Crippen LogP contribution is -2.00. The van der Waals surface area contributed by atoms with Gasteiger partial charge in [-0.05, 0) is 42.7 Å². The van der Waals surface area contributed by atoms with Gasteiger partial charge in [0.25, 0.3) is 0 Å². The van der Waals surface area contributed by atoms with Gasteiger partial charge in [0.15, 0.2) is 11.5 Å². The molecule has 5 nitrogen and oxygen atoms in total. The van der Waals surface area contributed by atoms with E-state index in [4.69, 9.17) is 0 Å². The Balaban J connectivity index is 2.04. The Kier molecular flexibility index (Phi) is 4.00. The third-order valence-corrected chi connectivity index (χ3v) is 3.12. The number of aliphatic hydroxyl groups is 1. The van der Waals surface area contributed by atoms with E-state index in [1.807, 2.05) is 0 Å². The van der Waals surface area contributed by atoms with E-state index in [1.165, 1.54) is 30.3 Å². The van der Waals surface area contributed by atoms with Crippen LogP contribution in [0.1, 0.15) is 23.7 Å². The molecule has 0 saturated heterocycles. The molecular weight excluding hydrogens is 260 g/mol. The summed E-state index contributed by atoms with van der Waals surface area (Å²) in [6.45, 7) is 0. The van der Waals surface area contributed by atoms with Crippen LogP contribution in [0.3, 0.4) is 0 Å². The molecule has 1 unspecified atom stereocenters. The van der Waals surface area contributed by atoms with E-state index in [0.717, 1.165) is 5.56 Å². The van der Waals surface area contributed by atoms with Gasteiger partial charge in [-0.25, -0.2) is 0 Å². The van der Waals surface area contributed by atoms with Crippen LogP contribution in [-0.2, 0) is 6.42 Å². The maximum atomic E-state index is 10.0. The zero-order chi connectivity index (χ0) is 14.7. The van der Waals surface area contributed by atoms with Crippen LogP contribution >= 0.6 is 0 Å². The Morgan fingerprint density at radius 1 is 0.800 bits per heavy atom. The van der Waals surface area contributed by atoms with Crippen molar-refractivity contribution in [2.75, 3.05) is 0 Å². The lowest BCUT2D eigenvalue weighted by atomic mass is 10.0. The molecule has 0 aliphatic heterocycles. The van der Waals surface area contributed by atoms with Crippen molar-refractivity contribution in [2.45, 2.75) is 18.9 Å². The number of aromatic hydroxyl groups is 4. The van der Waals surface area contributed by atoms with Crippen molar-refractivity contribution in [1.82, 2.24) is 0 Å². The molecule has 0 aliphatic carbocycles. The van der Waals surface area contributed by atoms with Gasteiger partial charge >= 0.3 is 0 Å². The van der Waals surface area contributed by atoms with Crippen LogP contribution < -0.4 is 0 Å². The topological polar surface area (TPSA) is 101 Å². The monoisotopic (exact) mass is 276 g/mol. The first-order valence-electron chi connectivity index (χ1n) is 6.18. The molecule has 0 fully saturated rings. The molecular formula is C15H16O5. The SMILES string of the molecule is Oc1ccc(C(O)CCc2ccc(O)c(O)c2)c(O)c1. The zero-order valence-corrected chi connectivity index (χ0v) is 10.7. The Bertz CT molecular complexity index is 609. The second kappa shape index (κ2) is 5.71.